The zero-order chi connectivity index (χ0) is 25.6. The third kappa shape index (κ3) is 4.52. The molecule has 1 amide bonds. The molecule has 2 aromatic rings. The van der Waals surface area contributed by atoms with E-state index in [1.807, 2.05) is 0 Å². The van der Waals surface area contributed by atoms with Gasteiger partial charge in [0.1, 0.15) is 16.3 Å². The molecule has 1 fully saturated rings. The van der Waals surface area contributed by atoms with Gasteiger partial charge in [0.2, 0.25) is 5.91 Å². The molecule has 0 aromatic heterocycles. The van der Waals surface area contributed by atoms with Crippen LogP contribution in [0.1, 0.15) is 18.4 Å². The Morgan fingerprint density at radius 1 is 1.09 bits per heavy atom. The highest BCUT2D eigenvalue weighted by Crippen LogP contribution is 2.55. The van der Waals surface area contributed by atoms with Crippen molar-refractivity contribution in [3.8, 4) is 5.75 Å². The van der Waals surface area contributed by atoms with E-state index < -0.39 is 76.8 Å². The predicted molar refractivity (Wildman–Crippen MR) is 122 cm³/mol. The van der Waals surface area contributed by atoms with Crippen molar-refractivity contribution in [1.29, 1.82) is 0 Å². The molecule has 3 atom stereocenters. The van der Waals surface area contributed by atoms with Gasteiger partial charge in [-0.3, -0.25) is 4.79 Å². The Kier molecular flexibility index (Phi) is 6.86. The van der Waals surface area contributed by atoms with Crippen molar-refractivity contribution in [2.24, 2.45) is 11.7 Å². The number of hydrogen-bond acceptors (Lipinski definition) is 7. The first-order valence-electron chi connectivity index (χ1n) is 10.6. The molecule has 0 radical (unpaired) electrons. The van der Waals surface area contributed by atoms with Gasteiger partial charge in [-0.15, -0.1) is 0 Å². The summed E-state index contributed by atoms with van der Waals surface area (Å²) in [6.45, 7) is -0.528. The molecule has 2 heterocycles. The number of nitrogens with two attached hydrogens (primary N) is 1. The molecule has 190 valence electrons. The third-order valence-electron chi connectivity index (χ3n) is 6.42. The van der Waals surface area contributed by atoms with Crippen molar-refractivity contribution in [2.75, 3.05) is 24.7 Å². The Morgan fingerprint density at radius 3 is 2.40 bits per heavy atom. The molecule has 2 aliphatic heterocycles. The van der Waals surface area contributed by atoms with Crippen LogP contribution in [0.4, 0.5) is 8.78 Å². The van der Waals surface area contributed by atoms with E-state index in [9.17, 15) is 26.0 Å². The second kappa shape index (κ2) is 9.30. The maximum atomic E-state index is 15.3. The molecule has 8 nitrogen and oxygen atoms in total. The summed E-state index contributed by atoms with van der Waals surface area (Å²) in [4.78, 5) is 10.9. The van der Waals surface area contributed by atoms with Crippen LogP contribution in [-0.2, 0) is 34.0 Å². The van der Waals surface area contributed by atoms with Crippen LogP contribution in [0.5, 0.6) is 5.75 Å². The van der Waals surface area contributed by atoms with Gasteiger partial charge < -0.3 is 15.2 Å². The van der Waals surface area contributed by atoms with Gasteiger partial charge in [0.05, 0.1) is 28.9 Å². The first kappa shape index (κ1) is 25.8. The molecular formula is C22H22ClF2NO7S2. The second-order valence-electron chi connectivity index (χ2n) is 8.50. The summed E-state index contributed by atoms with van der Waals surface area (Å²) >= 11 is 5.92. The average Bonchev–Trinajstić information content (AvgIpc) is 2.79. The average molecular weight is 550 g/mol. The number of ether oxygens (including phenoxy) is 2. The summed E-state index contributed by atoms with van der Waals surface area (Å²) < 4.78 is 92.0. The number of hydrogen-bond donors (Lipinski definition) is 1. The Morgan fingerprint density at radius 2 is 1.74 bits per heavy atom. The van der Waals surface area contributed by atoms with E-state index in [0.717, 1.165) is 12.1 Å². The van der Waals surface area contributed by atoms with Gasteiger partial charge >= 0.3 is 0 Å². The number of amides is 1. The molecule has 0 bridgehead atoms. The number of fused-ring (bicyclic) bond motifs is 3. The monoisotopic (exact) mass is 549 g/mol. The Balaban J connectivity index is 1.86. The molecule has 1 saturated heterocycles. The number of benzene rings is 2. The lowest BCUT2D eigenvalue weighted by Crippen LogP contribution is -2.57. The number of halogens is 3. The SMILES string of the molecule is NC(=O)CS(=O)(=O)CC[C@@H]1OCC[C@@]2(S(=O)(=O)c3ccc(Cl)cc3)c3c(F)ccc(F)c3OC[C@@H]12. The molecule has 35 heavy (non-hydrogen) atoms. The minimum absolute atomic E-state index is 0.162. The highest BCUT2D eigenvalue weighted by molar-refractivity contribution is 7.92. The van der Waals surface area contributed by atoms with Gasteiger partial charge in [0.15, 0.2) is 31.2 Å². The van der Waals surface area contributed by atoms with E-state index in [2.05, 4.69) is 0 Å². The lowest BCUT2D eigenvalue weighted by atomic mass is 9.75. The summed E-state index contributed by atoms with van der Waals surface area (Å²) in [5.74, 6) is -5.89. The Bertz CT molecular complexity index is 1370. The van der Waals surface area contributed by atoms with E-state index in [1.165, 1.54) is 24.3 Å². The first-order chi connectivity index (χ1) is 16.4. The molecule has 13 heteroatoms. The zero-order valence-corrected chi connectivity index (χ0v) is 20.6. The quantitative estimate of drug-likeness (QED) is 0.561. The van der Waals surface area contributed by atoms with Crippen molar-refractivity contribution in [3.05, 3.63) is 58.6 Å². The normalized spacial score (nSPS) is 24.2. The van der Waals surface area contributed by atoms with Crippen LogP contribution in [0, 0.1) is 17.6 Å². The summed E-state index contributed by atoms with van der Waals surface area (Å²) in [6, 6.07) is 6.98. The van der Waals surface area contributed by atoms with Crippen LogP contribution in [0.3, 0.4) is 0 Å². The van der Waals surface area contributed by atoms with Crippen LogP contribution in [0.2, 0.25) is 5.02 Å². The fraction of sp³-hybridized carbons (Fsp3) is 0.409. The number of sulfone groups is 2. The summed E-state index contributed by atoms with van der Waals surface area (Å²) in [5.41, 5.74) is 4.55. The van der Waals surface area contributed by atoms with Crippen molar-refractivity contribution in [3.63, 3.8) is 0 Å². The van der Waals surface area contributed by atoms with Crippen LogP contribution in [-0.4, -0.2) is 53.6 Å². The van der Waals surface area contributed by atoms with Gasteiger partial charge in [-0.1, -0.05) is 11.6 Å². The summed E-state index contributed by atoms with van der Waals surface area (Å²) in [7, 11) is -8.31. The molecule has 0 saturated carbocycles. The highest BCUT2D eigenvalue weighted by Gasteiger charge is 2.61. The topological polar surface area (TPSA) is 130 Å². The fourth-order valence-electron chi connectivity index (χ4n) is 4.92. The van der Waals surface area contributed by atoms with E-state index in [-0.39, 0.29) is 36.0 Å². The minimum Gasteiger partial charge on any atom is -0.490 e. The Hall–Kier alpha value is -2.28. The van der Waals surface area contributed by atoms with Crippen molar-refractivity contribution < 1.29 is 39.9 Å². The first-order valence-corrected chi connectivity index (χ1v) is 14.3. The zero-order valence-electron chi connectivity index (χ0n) is 18.2. The van der Waals surface area contributed by atoms with Crippen molar-refractivity contribution in [1.82, 2.24) is 0 Å². The van der Waals surface area contributed by atoms with Crippen LogP contribution in [0.25, 0.3) is 0 Å². The molecule has 0 spiro atoms. The Labute approximate surface area is 206 Å². The maximum absolute atomic E-state index is 15.3. The van der Waals surface area contributed by atoms with Gasteiger partial charge in [-0.2, -0.15) is 0 Å². The minimum atomic E-state index is -4.41. The molecule has 4 rings (SSSR count). The van der Waals surface area contributed by atoms with Gasteiger partial charge in [0, 0.05) is 17.5 Å². The van der Waals surface area contributed by atoms with Crippen LogP contribution < -0.4 is 10.5 Å². The highest BCUT2D eigenvalue weighted by atomic mass is 35.5. The summed E-state index contributed by atoms with van der Waals surface area (Å²) in [6.07, 6.45) is -1.43. The molecule has 2 N–H and O–H groups in total. The van der Waals surface area contributed by atoms with Gasteiger partial charge in [0.25, 0.3) is 0 Å². The standard InChI is InChI=1S/C22H22ClF2NO7S2/c23-13-1-3-14(4-2-13)35(30,31)22-8-9-32-18(7-10-34(28,29)12-19(26)27)15(22)11-33-21-17(25)6-5-16(24)20(21)22/h1-6,15,18H,7-12H2,(H2,26,27)/t15-,18-,22-/m0/s1. The van der Waals surface area contributed by atoms with Gasteiger partial charge in [-0.05, 0) is 49.2 Å². The van der Waals surface area contributed by atoms with Crippen LogP contribution >= 0.6 is 11.6 Å². The van der Waals surface area contributed by atoms with Crippen molar-refractivity contribution >= 4 is 37.2 Å². The van der Waals surface area contributed by atoms with Crippen molar-refractivity contribution in [2.45, 2.75) is 28.6 Å². The number of carbonyl (C=O) groups excluding carboxylic acids is 1. The predicted octanol–water partition coefficient (Wildman–Crippen LogP) is 2.38. The number of rotatable bonds is 7. The van der Waals surface area contributed by atoms with E-state index in [0.29, 0.717) is 0 Å². The largest absolute Gasteiger partial charge is 0.490 e. The molecule has 2 aromatic carbocycles. The van der Waals surface area contributed by atoms with Crippen LogP contribution in [0.15, 0.2) is 41.3 Å². The smallest absolute Gasteiger partial charge is 0.232 e. The molecular weight excluding hydrogens is 528 g/mol. The van der Waals surface area contributed by atoms with E-state index in [4.69, 9.17) is 26.8 Å². The molecule has 0 aliphatic carbocycles. The van der Waals surface area contributed by atoms with Gasteiger partial charge in [-0.25, -0.2) is 25.6 Å². The number of carbonyl (C=O) groups is 1. The lowest BCUT2D eigenvalue weighted by Gasteiger charge is -2.50. The molecule has 2 aliphatic rings. The fourth-order valence-corrected chi connectivity index (χ4v) is 8.56. The number of primary amides is 1. The molecule has 0 unspecified atom stereocenters. The second-order valence-corrected chi connectivity index (χ2v) is 13.3. The third-order valence-corrected chi connectivity index (χ3v) is 10.8. The lowest BCUT2D eigenvalue weighted by molar-refractivity contribution is -0.115. The maximum Gasteiger partial charge on any atom is 0.232 e. The summed E-state index contributed by atoms with van der Waals surface area (Å²) in [5, 5.41) is 0.284. The van der Waals surface area contributed by atoms with E-state index >= 15 is 4.39 Å². The van der Waals surface area contributed by atoms with E-state index in [1.54, 1.807) is 0 Å².